The second-order valence-electron chi connectivity index (χ2n) is 9.49. The molecule has 1 saturated carbocycles. The van der Waals surface area contributed by atoms with Crippen molar-refractivity contribution in [2.24, 2.45) is 17.8 Å². The molecule has 0 spiro atoms. The van der Waals surface area contributed by atoms with E-state index in [0.717, 1.165) is 45.6 Å². The van der Waals surface area contributed by atoms with E-state index >= 15 is 0 Å². The van der Waals surface area contributed by atoms with Crippen LogP contribution in [0.4, 0.5) is 11.5 Å². The summed E-state index contributed by atoms with van der Waals surface area (Å²) in [5.41, 5.74) is 4.23. The van der Waals surface area contributed by atoms with Gasteiger partial charge in [-0.1, -0.05) is 66.2 Å². The van der Waals surface area contributed by atoms with Crippen molar-refractivity contribution in [1.82, 2.24) is 14.6 Å². The topological polar surface area (TPSA) is 71.3 Å². The number of carbonyl (C=O) groups excluding carboxylic acids is 1. The van der Waals surface area contributed by atoms with E-state index in [9.17, 15) is 4.79 Å². The first-order chi connectivity index (χ1) is 18.1. The first-order valence-corrected chi connectivity index (χ1v) is 13.5. The molecule has 6 rings (SSSR count). The highest BCUT2D eigenvalue weighted by atomic mass is 79.9. The van der Waals surface area contributed by atoms with Gasteiger partial charge in [-0.25, -0.2) is 4.98 Å². The van der Waals surface area contributed by atoms with Gasteiger partial charge in [0, 0.05) is 34.8 Å². The van der Waals surface area contributed by atoms with Crippen LogP contribution >= 0.6 is 27.5 Å². The summed E-state index contributed by atoms with van der Waals surface area (Å²) < 4.78 is 2.57. The SMILES string of the molecule is O=C(Nc1ccc(CNc2cc(-c3ccccc3Cl)nc3c(Br)cnn23)cc1)[C@@H]1C[C@H]1C1C=CC=CC1. The Hall–Kier alpha value is -3.42. The lowest BCUT2D eigenvalue weighted by atomic mass is 9.94. The number of nitrogens with zero attached hydrogens (tertiary/aromatic N) is 3. The third kappa shape index (κ3) is 5.06. The summed E-state index contributed by atoms with van der Waals surface area (Å²) in [5, 5.41) is 11.7. The molecule has 3 atom stereocenters. The molecule has 2 aromatic heterocycles. The quantitative estimate of drug-likeness (QED) is 0.246. The number of rotatable bonds is 7. The number of aromatic nitrogens is 3. The molecule has 0 radical (unpaired) electrons. The molecule has 2 aliphatic rings. The first kappa shape index (κ1) is 23.9. The minimum absolute atomic E-state index is 0.109. The Bertz CT molecular complexity index is 1530. The maximum atomic E-state index is 12.7. The Morgan fingerprint density at radius 2 is 1.97 bits per heavy atom. The normalized spacial score (nSPS) is 20.2. The summed E-state index contributed by atoms with van der Waals surface area (Å²) in [6.45, 7) is 0.582. The van der Waals surface area contributed by atoms with Crippen molar-refractivity contribution in [2.75, 3.05) is 10.6 Å². The van der Waals surface area contributed by atoms with Crippen LogP contribution in [0, 0.1) is 17.8 Å². The lowest BCUT2D eigenvalue weighted by molar-refractivity contribution is -0.117. The average molecular weight is 575 g/mol. The zero-order valence-corrected chi connectivity index (χ0v) is 22.3. The van der Waals surface area contributed by atoms with Gasteiger partial charge in [-0.15, -0.1) is 0 Å². The van der Waals surface area contributed by atoms with Crippen molar-refractivity contribution in [3.63, 3.8) is 0 Å². The fourth-order valence-corrected chi connectivity index (χ4v) is 5.49. The first-order valence-electron chi connectivity index (χ1n) is 12.3. The van der Waals surface area contributed by atoms with Gasteiger partial charge in [0.2, 0.25) is 5.91 Å². The Morgan fingerprint density at radius 1 is 1.14 bits per heavy atom. The third-order valence-electron chi connectivity index (χ3n) is 7.01. The standard InChI is InChI=1S/C29H25BrClN5O/c30-24-17-33-36-27(15-26(35-28(24)36)21-8-4-5-9-25(21)31)32-16-18-10-12-20(13-11-18)34-29(37)23-14-22(23)19-6-2-1-3-7-19/h1-6,8-13,15,17,19,22-23,32H,7,14,16H2,(H,34,37)/t19?,22-,23+/m0/s1. The molecule has 8 heteroatoms. The van der Waals surface area contributed by atoms with E-state index < -0.39 is 0 Å². The summed E-state index contributed by atoms with van der Waals surface area (Å²) in [7, 11) is 0. The van der Waals surface area contributed by atoms with E-state index in [0.29, 0.717) is 29.1 Å². The molecule has 186 valence electrons. The van der Waals surface area contributed by atoms with Gasteiger partial charge in [0.05, 0.1) is 16.4 Å². The molecule has 6 nitrogen and oxygen atoms in total. The molecule has 1 unspecified atom stereocenters. The van der Waals surface area contributed by atoms with E-state index in [2.05, 4.69) is 56.0 Å². The molecule has 1 fully saturated rings. The van der Waals surface area contributed by atoms with Crippen LogP contribution in [0.5, 0.6) is 0 Å². The number of hydrogen-bond acceptors (Lipinski definition) is 4. The minimum atomic E-state index is 0.109. The monoisotopic (exact) mass is 573 g/mol. The molecule has 4 aromatic rings. The summed E-state index contributed by atoms with van der Waals surface area (Å²) in [6.07, 6.45) is 12.3. The second kappa shape index (κ2) is 10.1. The van der Waals surface area contributed by atoms with E-state index in [4.69, 9.17) is 16.6 Å². The highest BCUT2D eigenvalue weighted by molar-refractivity contribution is 9.10. The van der Waals surface area contributed by atoms with Gasteiger partial charge < -0.3 is 10.6 Å². The molecule has 2 aliphatic carbocycles. The maximum absolute atomic E-state index is 12.7. The molecule has 2 N–H and O–H groups in total. The zero-order chi connectivity index (χ0) is 25.4. The van der Waals surface area contributed by atoms with Crippen molar-refractivity contribution in [3.8, 4) is 11.3 Å². The number of allylic oxidation sites excluding steroid dienone is 4. The number of halogens is 2. The van der Waals surface area contributed by atoms with Crippen LogP contribution in [0.15, 0.2) is 89.6 Å². The van der Waals surface area contributed by atoms with Crippen LogP contribution in [-0.2, 0) is 11.3 Å². The molecular weight excluding hydrogens is 550 g/mol. The lowest BCUT2D eigenvalue weighted by Crippen LogP contribution is -2.16. The molecule has 0 aliphatic heterocycles. The van der Waals surface area contributed by atoms with Crippen molar-refractivity contribution in [3.05, 3.63) is 100 Å². The van der Waals surface area contributed by atoms with Gasteiger partial charge in [0.25, 0.3) is 0 Å². The Balaban J connectivity index is 1.13. The van der Waals surface area contributed by atoms with Crippen molar-refractivity contribution < 1.29 is 4.79 Å². The predicted molar refractivity (Wildman–Crippen MR) is 152 cm³/mol. The van der Waals surface area contributed by atoms with Gasteiger partial charge in [-0.2, -0.15) is 9.61 Å². The molecule has 0 saturated heterocycles. The number of fused-ring (bicyclic) bond motifs is 1. The molecule has 2 aromatic carbocycles. The van der Waals surface area contributed by atoms with E-state index in [1.165, 1.54) is 0 Å². The molecule has 37 heavy (non-hydrogen) atoms. The Morgan fingerprint density at radius 3 is 2.76 bits per heavy atom. The van der Waals surface area contributed by atoms with Gasteiger partial charge in [0.15, 0.2) is 5.65 Å². The summed E-state index contributed by atoms with van der Waals surface area (Å²) in [6, 6.07) is 17.6. The van der Waals surface area contributed by atoms with E-state index in [1.807, 2.05) is 54.6 Å². The van der Waals surface area contributed by atoms with Crippen LogP contribution in [0.1, 0.15) is 18.4 Å². The van der Waals surface area contributed by atoms with Crippen LogP contribution in [-0.4, -0.2) is 20.5 Å². The summed E-state index contributed by atoms with van der Waals surface area (Å²) in [4.78, 5) is 17.5. The molecule has 1 amide bonds. The number of amides is 1. The van der Waals surface area contributed by atoms with Crippen molar-refractivity contribution in [2.45, 2.75) is 19.4 Å². The third-order valence-corrected chi connectivity index (χ3v) is 7.90. The number of nitrogens with one attached hydrogen (secondary N) is 2. The second-order valence-corrected chi connectivity index (χ2v) is 10.8. The van der Waals surface area contributed by atoms with Gasteiger partial charge in [0.1, 0.15) is 5.82 Å². The number of hydrogen-bond donors (Lipinski definition) is 2. The van der Waals surface area contributed by atoms with E-state index in [-0.39, 0.29) is 11.8 Å². The van der Waals surface area contributed by atoms with Crippen LogP contribution in [0.2, 0.25) is 5.02 Å². The number of anilines is 2. The summed E-state index contributed by atoms with van der Waals surface area (Å²) >= 11 is 9.98. The maximum Gasteiger partial charge on any atom is 0.227 e. The smallest absolute Gasteiger partial charge is 0.227 e. The number of benzene rings is 2. The Kier molecular flexibility index (Phi) is 6.57. The number of carbonyl (C=O) groups is 1. The highest BCUT2D eigenvalue weighted by Crippen LogP contribution is 2.47. The molecule has 2 heterocycles. The predicted octanol–water partition coefficient (Wildman–Crippen LogP) is 7.13. The fraction of sp³-hybridized carbons (Fsp3) is 0.207. The average Bonchev–Trinajstić information content (AvgIpc) is 3.65. The van der Waals surface area contributed by atoms with Crippen LogP contribution in [0.25, 0.3) is 16.9 Å². The van der Waals surface area contributed by atoms with Crippen molar-refractivity contribution >= 4 is 50.6 Å². The minimum Gasteiger partial charge on any atom is -0.366 e. The highest BCUT2D eigenvalue weighted by Gasteiger charge is 2.46. The molecule has 0 bridgehead atoms. The molecular formula is C29H25BrClN5O. The lowest BCUT2D eigenvalue weighted by Gasteiger charge is -2.13. The van der Waals surface area contributed by atoms with E-state index in [1.54, 1.807) is 10.7 Å². The van der Waals surface area contributed by atoms with Crippen LogP contribution < -0.4 is 10.6 Å². The largest absolute Gasteiger partial charge is 0.366 e. The zero-order valence-electron chi connectivity index (χ0n) is 19.9. The van der Waals surface area contributed by atoms with Crippen LogP contribution in [0.3, 0.4) is 0 Å². The van der Waals surface area contributed by atoms with Gasteiger partial charge in [-0.3, -0.25) is 4.79 Å². The van der Waals surface area contributed by atoms with Gasteiger partial charge >= 0.3 is 0 Å². The fourth-order valence-electron chi connectivity index (χ4n) is 4.91. The van der Waals surface area contributed by atoms with Crippen molar-refractivity contribution in [1.29, 1.82) is 0 Å². The Labute approximate surface area is 228 Å². The van der Waals surface area contributed by atoms with Gasteiger partial charge in [-0.05, 0) is 64.4 Å². The summed E-state index contributed by atoms with van der Waals surface area (Å²) in [5.74, 6) is 1.98.